The van der Waals surface area contributed by atoms with Crippen LogP contribution in [0.15, 0.2) is 16.9 Å². The molecule has 0 radical (unpaired) electrons. The number of H-pyrrole nitrogens is 1. The van der Waals surface area contributed by atoms with E-state index < -0.39 is 0 Å². The molecule has 0 atom stereocenters. The first-order valence-corrected chi connectivity index (χ1v) is 7.12. The number of nitrogens with one attached hydrogen (secondary N) is 1. The summed E-state index contributed by atoms with van der Waals surface area (Å²) in [5.41, 5.74) is 4.31. The van der Waals surface area contributed by atoms with Gasteiger partial charge in [0.1, 0.15) is 11.6 Å². The van der Waals surface area contributed by atoms with Gasteiger partial charge in [-0.1, -0.05) is 19.9 Å². The van der Waals surface area contributed by atoms with Crippen LogP contribution in [0.25, 0.3) is 11.3 Å². The highest BCUT2D eigenvalue weighted by atomic mass is 16.5. The Hall–Kier alpha value is -2.10. The topological polar surface area (TPSA) is 55.0 Å². The van der Waals surface area contributed by atoms with Crippen molar-refractivity contribution in [2.45, 2.75) is 40.5 Å². The molecule has 0 aliphatic rings. The molecule has 0 bridgehead atoms. The highest BCUT2D eigenvalue weighted by Crippen LogP contribution is 2.34. The average Bonchev–Trinajstić information content (AvgIpc) is 2.44. The third-order valence-corrected chi connectivity index (χ3v) is 3.85. The van der Waals surface area contributed by atoms with E-state index in [2.05, 4.69) is 9.97 Å². The molecular weight excluding hydrogens is 264 g/mol. The van der Waals surface area contributed by atoms with E-state index in [9.17, 15) is 4.79 Å². The van der Waals surface area contributed by atoms with Gasteiger partial charge < -0.3 is 9.72 Å². The van der Waals surface area contributed by atoms with Crippen LogP contribution >= 0.6 is 0 Å². The fraction of sp³-hybridized carbons (Fsp3) is 0.412. The maximum Gasteiger partial charge on any atom is 0.254 e. The van der Waals surface area contributed by atoms with Gasteiger partial charge >= 0.3 is 0 Å². The maximum atomic E-state index is 12.2. The van der Waals surface area contributed by atoms with Gasteiger partial charge in [0, 0.05) is 17.0 Å². The molecule has 0 saturated carbocycles. The van der Waals surface area contributed by atoms with Gasteiger partial charge in [-0.15, -0.1) is 0 Å². The number of hydrogen-bond donors (Lipinski definition) is 1. The monoisotopic (exact) mass is 286 g/mol. The van der Waals surface area contributed by atoms with Crippen molar-refractivity contribution in [2.75, 3.05) is 7.11 Å². The smallest absolute Gasteiger partial charge is 0.254 e. The van der Waals surface area contributed by atoms with E-state index in [4.69, 9.17) is 4.74 Å². The summed E-state index contributed by atoms with van der Waals surface area (Å²) in [6.07, 6.45) is 0. The molecule has 112 valence electrons. The van der Waals surface area contributed by atoms with Gasteiger partial charge in [0.05, 0.1) is 12.8 Å². The van der Waals surface area contributed by atoms with Gasteiger partial charge in [-0.25, -0.2) is 4.98 Å². The first kappa shape index (κ1) is 15.3. The number of benzene rings is 1. The quantitative estimate of drug-likeness (QED) is 0.939. The molecule has 2 aromatic rings. The van der Waals surface area contributed by atoms with Crippen molar-refractivity contribution in [1.29, 1.82) is 0 Å². The molecule has 21 heavy (non-hydrogen) atoms. The molecule has 4 nitrogen and oxygen atoms in total. The lowest BCUT2D eigenvalue weighted by molar-refractivity contribution is 0.412. The number of methoxy groups -OCH3 is 1. The van der Waals surface area contributed by atoms with Gasteiger partial charge in [0.15, 0.2) is 0 Å². The number of aromatic nitrogens is 2. The van der Waals surface area contributed by atoms with Crippen LogP contribution in [-0.4, -0.2) is 17.1 Å². The normalized spacial score (nSPS) is 11.0. The lowest BCUT2D eigenvalue weighted by atomic mass is 9.99. The van der Waals surface area contributed by atoms with Crippen LogP contribution in [0.2, 0.25) is 0 Å². The van der Waals surface area contributed by atoms with E-state index in [-0.39, 0.29) is 11.5 Å². The van der Waals surface area contributed by atoms with Gasteiger partial charge in [0.25, 0.3) is 5.56 Å². The number of aromatic amines is 1. The zero-order chi connectivity index (χ0) is 15.7. The van der Waals surface area contributed by atoms with Crippen molar-refractivity contribution >= 4 is 0 Å². The molecule has 1 aromatic heterocycles. The third-order valence-electron chi connectivity index (χ3n) is 3.85. The second kappa shape index (κ2) is 5.72. The van der Waals surface area contributed by atoms with Crippen molar-refractivity contribution in [3.8, 4) is 17.0 Å². The van der Waals surface area contributed by atoms with Crippen LogP contribution in [0.5, 0.6) is 5.75 Å². The molecule has 1 aromatic carbocycles. The summed E-state index contributed by atoms with van der Waals surface area (Å²) in [7, 11) is 1.65. The molecule has 1 heterocycles. The van der Waals surface area contributed by atoms with E-state index in [0.717, 1.165) is 22.4 Å². The summed E-state index contributed by atoms with van der Waals surface area (Å²) in [6.45, 7) is 9.87. The highest BCUT2D eigenvalue weighted by Gasteiger charge is 2.17. The van der Waals surface area contributed by atoms with Crippen LogP contribution in [0, 0.1) is 20.8 Å². The second-order valence-corrected chi connectivity index (χ2v) is 5.67. The van der Waals surface area contributed by atoms with Crippen molar-refractivity contribution < 1.29 is 4.74 Å². The third kappa shape index (κ3) is 2.71. The highest BCUT2D eigenvalue weighted by molar-refractivity contribution is 5.72. The Morgan fingerprint density at radius 3 is 2.38 bits per heavy atom. The second-order valence-electron chi connectivity index (χ2n) is 5.67. The van der Waals surface area contributed by atoms with Crippen LogP contribution < -0.4 is 10.3 Å². The van der Waals surface area contributed by atoms with Gasteiger partial charge in [-0.3, -0.25) is 4.79 Å². The van der Waals surface area contributed by atoms with Crippen molar-refractivity contribution in [3.05, 3.63) is 45.0 Å². The Kier molecular flexibility index (Phi) is 4.16. The minimum absolute atomic E-state index is 0.0935. The largest absolute Gasteiger partial charge is 0.496 e. The van der Waals surface area contributed by atoms with Crippen molar-refractivity contribution in [3.63, 3.8) is 0 Å². The summed E-state index contributed by atoms with van der Waals surface area (Å²) in [4.78, 5) is 19.6. The molecule has 0 fully saturated rings. The first-order chi connectivity index (χ1) is 9.86. The zero-order valence-electron chi connectivity index (χ0n) is 13.5. The molecule has 0 saturated heterocycles. The predicted molar refractivity (Wildman–Crippen MR) is 85.1 cm³/mol. The summed E-state index contributed by atoms with van der Waals surface area (Å²) in [5, 5.41) is 0. The Balaban J connectivity index is 2.78. The Labute approximate surface area is 125 Å². The molecule has 0 unspecified atom stereocenters. The Bertz CT molecular complexity index is 730. The van der Waals surface area contributed by atoms with Crippen LogP contribution in [0.1, 0.15) is 42.3 Å². The van der Waals surface area contributed by atoms with Gasteiger partial charge in [0.2, 0.25) is 0 Å². The number of aryl methyl sites for hydroxylation is 1. The minimum Gasteiger partial charge on any atom is -0.496 e. The van der Waals surface area contributed by atoms with E-state index in [0.29, 0.717) is 17.1 Å². The molecule has 2 rings (SSSR count). The molecule has 4 heteroatoms. The van der Waals surface area contributed by atoms with E-state index in [1.165, 1.54) is 0 Å². The summed E-state index contributed by atoms with van der Waals surface area (Å²) >= 11 is 0. The van der Waals surface area contributed by atoms with E-state index >= 15 is 0 Å². The zero-order valence-corrected chi connectivity index (χ0v) is 13.5. The van der Waals surface area contributed by atoms with Crippen LogP contribution in [0.4, 0.5) is 0 Å². The number of nitrogens with zero attached hydrogens (tertiary/aromatic N) is 1. The molecule has 0 aliphatic heterocycles. The number of rotatable bonds is 3. The SMILES string of the molecule is COc1c(-c2nc(C(C)C)[nH]c(=O)c2C)ccc(C)c1C. The molecule has 0 amide bonds. The van der Waals surface area contributed by atoms with Crippen LogP contribution in [0.3, 0.4) is 0 Å². The summed E-state index contributed by atoms with van der Waals surface area (Å²) in [5.74, 6) is 1.64. The Morgan fingerprint density at radius 1 is 1.14 bits per heavy atom. The maximum absolute atomic E-state index is 12.2. The van der Waals surface area contributed by atoms with Gasteiger partial charge in [-0.2, -0.15) is 0 Å². The number of ether oxygens (including phenoxy) is 1. The average molecular weight is 286 g/mol. The molecule has 1 N–H and O–H groups in total. The lowest BCUT2D eigenvalue weighted by Gasteiger charge is -2.15. The van der Waals surface area contributed by atoms with Crippen LogP contribution in [-0.2, 0) is 0 Å². The lowest BCUT2D eigenvalue weighted by Crippen LogP contribution is -2.17. The van der Waals surface area contributed by atoms with Crippen molar-refractivity contribution in [2.24, 2.45) is 0 Å². The Morgan fingerprint density at radius 2 is 1.81 bits per heavy atom. The van der Waals surface area contributed by atoms with E-state index in [1.807, 2.05) is 39.8 Å². The first-order valence-electron chi connectivity index (χ1n) is 7.12. The van der Waals surface area contributed by atoms with Crippen molar-refractivity contribution in [1.82, 2.24) is 9.97 Å². The predicted octanol–water partition coefficient (Wildman–Crippen LogP) is 3.49. The molecule has 0 spiro atoms. The van der Waals surface area contributed by atoms with E-state index in [1.54, 1.807) is 14.0 Å². The summed E-state index contributed by atoms with van der Waals surface area (Å²) < 4.78 is 5.55. The fourth-order valence-electron chi connectivity index (χ4n) is 2.33. The molecule has 0 aliphatic carbocycles. The summed E-state index contributed by atoms with van der Waals surface area (Å²) in [6, 6.07) is 4.00. The minimum atomic E-state index is -0.0935. The standard InChI is InChI=1S/C17H22N2O2/c1-9(2)16-18-14(12(5)17(20)19-16)13-8-7-10(3)11(4)15(13)21-6/h7-9H,1-6H3,(H,18,19,20). The fourth-order valence-corrected chi connectivity index (χ4v) is 2.33. The number of hydrogen-bond acceptors (Lipinski definition) is 3. The molecular formula is C17H22N2O2. The van der Waals surface area contributed by atoms with Gasteiger partial charge in [-0.05, 0) is 38.0 Å².